The average molecular weight is 673 g/mol. The van der Waals surface area contributed by atoms with Crippen LogP contribution < -0.4 is 0 Å². The van der Waals surface area contributed by atoms with Gasteiger partial charge in [-0.2, -0.15) is 0 Å². The Morgan fingerprint density at radius 3 is 2.48 bits per heavy atom. The van der Waals surface area contributed by atoms with Crippen LogP contribution in [0.1, 0.15) is 106 Å². The molecule has 0 aromatic heterocycles. The highest BCUT2D eigenvalue weighted by Crippen LogP contribution is 2.87. The van der Waals surface area contributed by atoms with Gasteiger partial charge in [0.25, 0.3) is 0 Å². The summed E-state index contributed by atoms with van der Waals surface area (Å²) in [6, 6.07) is 0.626. The molecule has 5 aliphatic carbocycles. The minimum Gasteiger partial charge on any atom is -0.388 e. The van der Waals surface area contributed by atoms with Crippen molar-refractivity contribution < 1.29 is 28.8 Å². The summed E-state index contributed by atoms with van der Waals surface area (Å²) >= 11 is 0. The minimum absolute atomic E-state index is 0.00692. The Bertz CT molecular complexity index is 1170. The third-order valence-corrected chi connectivity index (χ3v) is 16.4. The van der Waals surface area contributed by atoms with Crippen LogP contribution >= 0.6 is 0 Å². The minimum atomic E-state index is -0.897. The molecular weight excluding hydrogens is 604 g/mol. The molecule has 5 saturated carbocycles. The third-order valence-electron chi connectivity index (χ3n) is 16.4. The fourth-order valence-corrected chi connectivity index (χ4v) is 14.1. The number of rotatable bonds is 10. The van der Waals surface area contributed by atoms with Gasteiger partial charge in [-0.25, -0.2) is 0 Å². The number of hydrogen-bond acceptors (Lipinski definition) is 8. The molecule has 8 nitrogen and oxygen atoms in total. The maximum atomic E-state index is 11.0. The molecule has 0 amide bonds. The molecule has 8 heteroatoms. The van der Waals surface area contributed by atoms with Crippen molar-refractivity contribution in [2.75, 3.05) is 59.7 Å². The number of methoxy groups -OCH3 is 1. The summed E-state index contributed by atoms with van der Waals surface area (Å²) in [5.41, 5.74) is 0.701. The largest absolute Gasteiger partial charge is 0.388 e. The maximum absolute atomic E-state index is 11.0. The molecule has 8 aliphatic rings. The lowest BCUT2D eigenvalue weighted by Gasteiger charge is -2.60. The Morgan fingerprint density at radius 2 is 1.73 bits per heavy atom. The van der Waals surface area contributed by atoms with E-state index in [1.807, 2.05) is 20.8 Å². The second-order valence-corrected chi connectivity index (χ2v) is 19.2. The predicted octanol–water partition coefficient (Wildman–Crippen LogP) is 5.74. The molecule has 3 saturated heterocycles. The molecule has 0 aromatic rings. The van der Waals surface area contributed by atoms with Crippen LogP contribution in [0.4, 0.5) is 0 Å². The van der Waals surface area contributed by atoms with Gasteiger partial charge in [0.2, 0.25) is 0 Å². The molecule has 3 aliphatic heterocycles. The topological polar surface area (TPSA) is 72.9 Å². The molecule has 0 radical (unpaired) electrons. The fraction of sp³-hybridized carbons (Fsp3) is 1.00. The number of hydrogen-bond donors (Lipinski definition) is 1. The van der Waals surface area contributed by atoms with Gasteiger partial charge in [0, 0.05) is 52.5 Å². The molecule has 0 aromatic carbocycles. The summed E-state index contributed by atoms with van der Waals surface area (Å²) in [7, 11) is 1.79. The Hall–Kier alpha value is -0.320. The van der Waals surface area contributed by atoms with Crippen molar-refractivity contribution in [1.29, 1.82) is 0 Å². The smallest absolute Gasteiger partial charge is 0.170 e. The van der Waals surface area contributed by atoms with Crippen molar-refractivity contribution in [1.82, 2.24) is 9.80 Å². The van der Waals surface area contributed by atoms with Crippen LogP contribution in [0, 0.1) is 45.3 Å². The molecule has 3 heterocycles. The summed E-state index contributed by atoms with van der Waals surface area (Å²) in [4.78, 5) is 5.12. The SMILES string of the molecule is CCOC(C1CCC2C(CC3C4CCC5C(C)(C)C(OC6CN(C7CN(CCOC)C7)CCO6)CCC56CC46CCC23C)O1)C(C)(C)O. The molecule has 1 N–H and O–H groups in total. The van der Waals surface area contributed by atoms with Crippen molar-refractivity contribution in [3.05, 3.63) is 0 Å². The van der Waals surface area contributed by atoms with Gasteiger partial charge in [0.15, 0.2) is 6.29 Å². The molecule has 48 heavy (non-hydrogen) atoms. The first-order valence-electron chi connectivity index (χ1n) is 20.1. The Balaban J connectivity index is 0.920. The first kappa shape index (κ1) is 34.7. The van der Waals surface area contributed by atoms with Crippen LogP contribution in [0.5, 0.6) is 0 Å². The third kappa shape index (κ3) is 5.34. The number of morpholine rings is 1. The highest BCUT2D eigenvalue weighted by Gasteiger charge is 2.80. The Morgan fingerprint density at radius 1 is 0.938 bits per heavy atom. The first-order valence-corrected chi connectivity index (χ1v) is 20.1. The molecule has 274 valence electrons. The van der Waals surface area contributed by atoms with Crippen molar-refractivity contribution in [2.45, 2.75) is 148 Å². The zero-order valence-electron chi connectivity index (χ0n) is 31.4. The lowest BCUT2D eigenvalue weighted by atomic mass is 9.46. The van der Waals surface area contributed by atoms with Crippen molar-refractivity contribution in [2.24, 2.45) is 45.3 Å². The number of fused-ring (bicyclic) bond motifs is 4. The van der Waals surface area contributed by atoms with Crippen LogP contribution in [0.2, 0.25) is 0 Å². The lowest BCUT2D eigenvalue weighted by molar-refractivity contribution is -0.250. The van der Waals surface area contributed by atoms with E-state index in [0.717, 1.165) is 70.1 Å². The van der Waals surface area contributed by atoms with Gasteiger partial charge in [-0.1, -0.05) is 20.8 Å². The van der Waals surface area contributed by atoms with Crippen LogP contribution in [0.3, 0.4) is 0 Å². The van der Waals surface area contributed by atoms with E-state index < -0.39 is 5.60 Å². The molecule has 2 spiro atoms. The number of likely N-dealkylation sites (tertiary alicyclic amines) is 1. The van der Waals surface area contributed by atoms with Crippen LogP contribution in [0.25, 0.3) is 0 Å². The Kier molecular flexibility index (Phi) is 8.97. The zero-order chi connectivity index (χ0) is 33.7. The van der Waals surface area contributed by atoms with E-state index in [2.05, 4.69) is 30.6 Å². The Labute approximate surface area is 291 Å². The lowest BCUT2D eigenvalue weighted by Crippen LogP contribution is -2.63. The first-order chi connectivity index (χ1) is 22.9. The van der Waals surface area contributed by atoms with E-state index >= 15 is 0 Å². The highest BCUT2D eigenvalue weighted by atomic mass is 16.7. The standard InChI is InChI=1S/C40H68N2O6/c1-8-45-35(37(4,5)43)30-11-9-28-31(47-30)21-29-27-10-12-32-36(2,3)33(13-14-40(32)25-39(27,40)16-15-38(28,29)6)48-34-24-42(18-20-46-34)26-22-41(23-26)17-19-44-7/h26-35,43H,8-25H2,1-7H3. The zero-order valence-corrected chi connectivity index (χ0v) is 31.4. The van der Waals surface area contributed by atoms with Gasteiger partial charge < -0.3 is 28.8 Å². The second-order valence-electron chi connectivity index (χ2n) is 19.2. The number of ether oxygens (including phenoxy) is 5. The molecule has 0 bridgehead atoms. The number of nitrogens with zero attached hydrogens (tertiary/aromatic N) is 2. The van der Waals surface area contributed by atoms with Crippen molar-refractivity contribution >= 4 is 0 Å². The molecule has 8 fully saturated rings. The summed E-state index contributed by atoms with van der Waals surface area (Å²) in [6.07, 6.45) is 13.2. The van der Waals surface area contributed by atoms with Crippen LogP contribution in [-0.4, -0.2) is 117 Å². The van der Waals surface area contributed by atoms with Crippen LogP contribution in [0.15, 0.2) is 0 Å². The van der Waals surface area contributed by atoms with E-state index in [9.17, 15) is 5.11 Å². The van der Waals surface area contributed by atoms with E-state index in [-0.39, 0.29) is 30.0 Å². The number of aliphatic hydroxyl groups is 1. The van der Waals surface area contributed by atoms with Gasteiger partial charge in [0.1, 0.15) is 6.10 Å². The summed E-state index contributed by atoms with van der Waals surface area (Å²) in [5.74, 6) is 3.00. The molecular formula is C40H68N2O6. The molecule has 8 rings (SSSR count). The van der Waals surface area contributed by atoms with Gasteiger partial charge >= 0.3 is 0 Å². The maximum Gasteiger partial charge on any atom is 0.170 e. The van der Waals surface area contributed by atoms with E-state index in [1.165, 1.54) is 57.8 Å². The summed E-state index contributed by atoms with van der Waals surface area (Å²) in [6.45, 7) is 21.0. The molecule has 12 atom stereocenters. The van der Waals surface area contributed by atoms with Gasteiger partial charge in [-0.15, -0.1) is 0 Å². The van der Waals surface area contributed by atoms with E-state index in [1.54, 1.807) is 7.11 Å². The normalized spacial score (nSPS) is 48.0. The van der Waals surface area contributed by atoms with Crippen LogP contribution in [-0.2, 0) is 23.7 Å². The summed E-state index contributed by atoms with van der Waals surface area (Å²) < 4.78 is 31.7. The van der Waals surface area contributed by atoms with Crippen molar-refractivity contribution in [3.8, 4) is 0 Å². The van der Waals surface area contributed by atoms with Gasteiger partial charge in [-0.3, -0.25) is 9.80 Å². The second kappa shape index (κ2) is 12.4. The predicted molar refractivity (Wildman–Crippen MR) is 186 cm³/mol. The summed E-state index contributed by atoms with van der Waals surface area (Å²) in [5, 5.41) is 11.0. The van der Waals surface area contributed by atoms with E-state index in [0.29, 0.717) is 40.9 Å². The highest BCUT2D eigenvalue weighted by molar-refractivity contribution is 5.29. The average Bonchev–Trinajstić information content (AvgIpc) is 3.60. The van der Waals surface area contributed by atoms with Gasteiger partial charge in [0.05, 0.1) is 37.1 Å². The quantitative estimate of drug-likeness (QED) is 0.315. The van der Waals surface area contributed by atoms with Crippen molar-refractivity contribution in [3.63, 3.8) is 0 Å². The van der Waals surface area contributed by atoms with Gasteiger partial charge in [-0.05, 0) is 130 Å². The fourth-order valence-electron chi connectivity index (χ4n) is 14.1. The monoisotopic (exact) mass is 673 g/mol. The van der Waals surface area contributed by atoms with E-state index in [4.69, 9.17) is 23.7 Å². The molecule has 12 unspecified atom stereocenters.